The number of carbonyl (C=O) groups excluding carboxylic acids is 1. The number of aromatic nitrogens is 3. The Labute approximate surface area is 156 Å². The molecule has 0 aromatic carbocycles. The molecule has 5 nitrogen and oxygen atoms in total. The smallest absolute Gasteiger partial charge is 0.223 e. The second-order valence-electron chi connectivity index (χ2n) is 6.81. The van der Waals surface area contributed by atoms with Crippen LogP contribution in [0.3, 0.4) is 0 Å². The molecular weight excluding hydrogens is 352 g/mol. The van der Waals surface area contributed by atoms with E-state index in [0.717, 1.165) is 48.9 Å². The first-order valence-corrected chi connectivity index (χ1v) is 11.6. The third-order valence-electron chi connectivity index (χ3n) is 5.11. The average Bonchev–Trinajstić information content (AvgIpc) is 3.38. The van der Waals surface area contributed by atoms with Gasteiger partial charge in [0.05, 0.1) is 6.04 Å². The number of rotatable bonds is 6. The van der Waals surface area contributed by atoms with Gasteiger partial charge in [-0.05, 0) is 44.2 Å². The summed E-state index contributed by atoms with van der Waals surface area (Å²) in [6.45, 7) is 0.848. The van der Waals surface area contributed by atoms with Gasteiger partial charge in [0.2, 0.25) is 5.91 Å². The largest absolute Gasteiger partial charge is 0.332 e. The second-order valence-corrected chi connectivity index (χ2v) is 9.59. The minimum absolute atomic E-state index is 0.0756. The number of nitrogens with zero attached hydrogens (tertiary/aromatic N) is 4. The van der Waals surface area contributed by atoms with Crippen molar-refractivity contribution in [3.63, 3.8) is 0 Å². The first kappa shape index (κ1) is 17.2. The predicted octanol–water partition coefficient (Wildman–Crippen LogP) is 4.11. The van der Waals surface area contributed by atoms with Crippen molar-refractivity contribution in [1.82, 2.24) is 19.5 Å². The van der Waals surface area contributed by atoms with Crippen LogP contribution in [-0.2, 0) is 4.79 Å². The van der Waals surface area contributed by atoms with Crippen LogP contribution in [0.1, 0.15) is 56.8 Å². The van der Waals surface area contributed by atoms with Crippen molar-refractivity contribution in [3.8, 4) is 0 Å². The molecule has 2 aromatic rings. The number of carbonyl (C=O) groups is 1. The maximum atomic E-state index is 12.7. The van der Waals surface area contributed by atoms with Crippen molar-refractivity contribution in [2.75, 3.05) is 12.3 Å². The van der Waals surface area contributed by atoms with E-state index in [1.807, 2.05) is 55.3 Å². The molecule has 0 bridgehead atoms. The van der Waals surface area contributed by atoms with Crippen LogP contribution < -0.4 is 0 Å². The van der Waals surface area contributed by atoms with Gasteiger partial charge in [-0.2, -0.15) is 0 Å². The Balaban J connectivity index is 1.35. The van der Waals surface area contributed by atoms with Gasteiger partial charge in [-0.1, -0.05) is 34.1 Å². The van der Waals surface area contributed by atoms with Crippen molar-refractivity contribution >= 4 is 33.1 Å². The van der Waals surface area contributed by atoms with Crippen LogP contribution >= 0.6 is 21.6 Å². The van der Waals surface area contributed by atoms with Gasteiger partial charge in [0.1, 0.15) is 0 Å². The molecule has 2 saturated heterocycles. The number of likely N-dealkylation sites (tertiary alicyclic amines) is 1. The molecule has 4 heterocycles. The zero-order valence-corrected chi connectivity index (χ0v) is 16.0. The number of amides is 1. The Morgan fingerprint density at radius 3 is 3.08 bits per heavy atom. The minimum atomic E-state index is 0.0756. The molecule has 0 radical (unpaired) electrons. The monoisotopic (exact) mass is 376 g/mol. The number of unbranched alkanes of at least 4 members (excludes halogenated alkanes) is 1. The van der Waals surface area contributed by atoms with Gasteiger partial charge in [0, 0.05) is 30.2 Å². The summed E-state index contributed by atoms with van der Waals surface area (Å²) in [6, 6.07) is 5.98. The van der Waals surface area contributed by atoms with Crippen molar-refractivity contribution < 1.29 is 4.79 Å². The van der Waals surface area contributed by atoms with E-state index in [1.165, 1.54) is 18.6 Å². The molecule has 2 atom stereocenters. The molecule has 2 unspecified atom stereocenters. The van der Waals surface area contributed by atoms with E-state index in [4.69, 9.17) is 0 Å². The lowest BCUT2D eigenvalue weighted by Crippen LogP contribution is -2.31. The fourth-order valence-electron chi connectivity index (χ4n) is 3.78. The highest BCUT2D eigenvalue weighted by Gasteiger charge is 2.32. The molecular formula is C18H24N4OS2. The molecule has 134 valence electrons. The maximum absolute atomic E-state index is 12.7. The molecule has 0 spiro atoms. The lowest BCUT2D eigenvalue weighted by atomic mass is 10.1. The van der Waals surface area contributed by atoms with E-state index < -0.39 is 0 Å². The van der Waals surface area contributed by atoms with Crippen LogP contribution in [0.5, 0.6) is 0 Å². The van der Waals surface area contributed by atoms with Gasteiger partial charge >= 0.3 is 0 Å². The molecule has 1 amide bonds. The van der Waals surface area contributed by atoms with Crippen molar-refractivity contribution in [2.24, 2.45) is 0 Å². The summed E-state index contributed by atoms with van der Waals surface area (Å²) in [5, 5.41) is 9.43. The molecule has 0 aliphatic carbocycles. The van der Waals surface area contributed by atoms with Gasteiger partial charge in [-0.25, -0.2) is 0 Å². The third-order valence-corrected chi connectivity index (χ3v) is 8.11. The summed E-state index contributed by atoms with van der Waals surface area (Å²) in [7, 11) is 4.02. The zero-order valence-electron chi connectivity index (χ0n) is 14.3. The van der Waals surface area contributed by atoms with Gasteiger partial charge in [-0.15, -0.1) is 10.2 Å². The zero-order chi connectivity index (χ0) is 17.1. The van der Waals surface area contributed by atoms with Gasteiger partial charge in [0.25, 0.3) is 0 Å². The van der Waals surface area contributed by atoms with Crippen LogP contribution in [0.25, 0.3) is 5.65 Å². The van der Waals surface area contributed by atoms with Crippen molar-refractivity contribution in [3.05, 3.63) is 30.2 Å². The Morgan fingerprint density at radius 2 is 2.20 bits per heavy atom. The molecule has 2 fully saturated rings. The molecule has 0 N–H and O–H groups in total. The highest BCUT2D eigenvalue weighted by Crippen LogP contribution is 2.40. The number of pyridine rings is 1. The van der Waals surface area contributed by atoms with Crippen LogP contribution in [0, 0.1) is 0 Å². The Bertz CT molecular complexity index is 729. The quantitative estimate of drug-likeness (QED) is 0.561. The molecule has 25 heavy (non-hydrogen) atoms. The Morgan fingerprint density at radius 1 is 1.24 bits per heavy atom. The molecule has 2 aliphatic rings. The molecule has 0 saturated carbocycles. The van der Waals surface area contributed by atoms with Gasteiger partial charge < -0.3 is 4.90 Å². The van der Waals surface area contributed by atoms with E-state index >= 15 is 0 Å². The minimum Gasteiger partial charge on any atom is -0.332 e. The summed E-state index contributed by atoms with van der Waals surface area (Å²) in [5.41, 5.74) is 0.851. The Hall–Kier alpha value is -1.21. The third kappa shape index (κ3) is 3.82. The van der Waals surface area contributed by atoms with Crippen molar-refractivity contribution in [2.45, 2.75) is 56.2 Å². The topological polar surface area (TPSA) is 50.5 Å². The van der Waals surface area contributed by atoms with Crippen LogP contribution in [0.2, 0.25) is 0 Å². The van der Waals surface area contributed by atoms with E-state index in [0.29, 0.717) is 6.42 Å². The standard InChI is InChI=1S/C18H24N4OS2/c23-17(9-2-1-6-14-10-13-24-25-14)21-12-5-7-15(21)18-20-19-16-8-3-4-11-22(16)18/h3-4,8,11,14-15H,1-2,5-7,9-10,12-13H2. The molecule has 7 heteroatoms. The first-order chi connectivity index (χ1) is 12.3. The van der Waals surface area contributed by atoms with Gasteiger partial charge in [-0.3, -0.25) is 9.20 Å². The SMILES string of the molecule is O=C(CCCCC1CCSS1)N1CCCC1c1nnc2ccccn12. The van der Waals surface area contributed by atoms with E-state index in [2.05, 4.69) is 10.2 Å². The summed E-state index contributed by atoms with van der Waals surface area (Å²) in [4.78, 5) is 14.8. The van der Waals surface area contributed by atoms with Crippen molar-refractivity contribution in [1.29, 1.82) is 0 Å². The second kappa shape index (κ2) is 7.99. The fourth-order valence-corrected chi connectivity index (χ4v) is 6.80. The maximum Gasteiger partial charge on any atom is 0.223 e. The molecule has 2 aromatic heterocycles. The summed E-state index contributed by atoms with van der Waals surface area (Å²) >= 11 is 0. The van der Waals surface area contributed by atoms with E-state index in [-0.39, 0.29) is 11.9 Å². The van der Waals surface area contributed by atoms with Crippen LogP contribution in [0.15, 0.2) is 24.4 Å². The van der Waals surface area contributed by atoms with Crippen LogP contribution in [0.4, 0.5) is 0 Å². The van der Waals surface area contributed by atoms with Crippen LogP contribution in [-0.4, -0.2) is 43.0 Å². The summed E-state index contributed by atoms with van der Waals surface area (Å²) < 4.78 is 2.02. The lowest BCUT2D eigenvalue weighted by Gasteiger charge is -2.23. The normalized spacial score (nSPS) is 23.6. The summed E-state index contributed by atoms with van der Waals surface area (Å²) in [6.07, 6.45) is 9.44. The highest BCUT2D eigenvalue weighted by atomic mass is 33.1. The van der Waals surface area contributed by atoms with E-state index in [9.17, 15) is 4.79 Å². The number of hydrogen-bond donors (Lipinski definition) is 0. The van der Waals surface area contributed by atoms with E-state index in [1.54, 1.807) is 0 Å². The fraction of sp³-hybridized carbons (Fsp3) is 0.611. The average molecular weight is 377 g/mol. The number of fused-ring (bicyclic) bond motifs is 1. The number of hydrogen-bond acceptors (Lipinski definition) is 5. The summed E-state index contributed by atoms with van der Waals surface area (Å²) in [5.74, 6) is 2.47. The lowest BCUT2D eigenvalue weighted by molar-refractivity contribution is -0.132. The molecule has 4 rings (SSSR count). The first-order valence-electron chi connectivity index (χ1n) is 9.20. The molecule has 2 aliphatic heterocycles. The van der Waals surface area contributed by atoms with Gasteiger partial charge in [0.15, 0.2) is 11.5 Å². The predicted molar refractivity (Wildman–Crippen MR) is 104 cm³/mol. The highest BCUT2D eigenvalue weighted by molar-refractivity contribution is 8.77. The Kier molecular flexibility index (Phi) is 5.51.